The molecule has 0 amide bonds. The van der Waals surface area contributed by atoms with Crippen LogP contribution >= 0.6 is 0 Å². The molecule has 1 radical (unpaired) electrons. The zero-order valence-corrected chi connectivity index (χ0v) is 12.0. The summed E-state index contributed by atoms with van der Waals surface area (Å²) < 4.78 is 13.3. The van der Waals surface area contributed by atoms with Crippen molar-refractivity contribution in [3.63, 3.8) is 0 Å². The number of hydrogen-bond acceptors (Lipinski definition) is 0. The van der Waals surface area contributed by atoms with Crippen molar-refractivity contribution in [2.75, 3.05) is 0 Å². The fraction of sp³-hybridized carbons (Fsp3) is 0.529. The van der Waals surface area contributed by atoms with Gasteiger partial charge in [-0.3, -0.25) is 0 Å². The van der Waals surface area contributed by atoms with Gasteiger partial charge in [0, 0.05) is 0 Å². The molecular weight excluding hydrogens is 223 g/mol. The Kier molecular flexibility index (Phi) is 3.12. The quantitative estimate of drug-likeness (QED) is 0.640. The van der Waals surface area contributed by atoms with Gasteiger partial charge in [-0.25, -0.2) is 4.39 Å². The van der Waals surface area contributed by atoms with E-state index in [4.69, 9.17) is 0 Å². The van der Waals surface area contributed by atoms with Crippen LogP contribution in [-0.4, -0.2) is 0 Å². The molecule has 0 N–H and O–H groups in total. The molecule has 97 valence electrons. The number of benzene rings is 1. The Morgan fingerprint density at radius 1 is 1.17 bits per heavy atom. The molecule has 0 atom stereocenters. The van der Waals surface area contributed by atoms with E-state index in [1.165, 1.54) is 5.57 Å². The van der Waals surface area contributed by atoms with Crippen molar-refractivity contribution in [3.05, 3.63) is 41.2 Å². The highest BCUT2D eigenvalue weighted by Crippen LogP contribution is 2.46. The van der Waals surface area contributed by atoms with Crippen molar-refractivity contribution in [2.45, 2.75) is 47.5 Å². The van der Waals surface area contributed by atoms with Crippen LogP contribution in [0.5, 0.6) is 0 Å². The Bertz CT molecular complexity index is 492. The maximum absolute atomic E-state index is 13.3. The van der Waals surface area contributed by atoms with E-state index in [1.807, 2.05) is 19.1 Å². The maximum atomic E-state index is 13.3. The molecule has 0 aliphatic heterocycles. The van der Waals surface area contributed by atoms with Gasteiger partial charge in [0.15, 0.2) is 0 Å². The van der Waals surface area contributed by atoms with Crippen molar-refractivity contribution in [2.24, 2.45) is 10.8 Å². The third kappa shape index (κ3) is 2.82. The standard InChI is InChI=1S/C17H22F/c1-12-8-13(6-7-15(12)18)14-9-16(2,3)11-17(4,5)10-14/h6-8H,9,11H2,1-5H3. The first-order chi connectivity index (χ1) is 8.19. The van der Waals surface area contributed by atoms with Gasteiger partial charge in [-0.1, -0.05) is 33.8 Å². The van der Waals surface area contributed by atoms with Crippen molar-refractivity contribution < 1.29 is 4.39 Å². The van der Waals surface area contributed by atoms with E-state index in [0.717, 1.165) is 18.4 Å². The van der Waals surface area contributed by atoms with Crippen LogP contribution in [0.15, 0.2) is 18.2 Å². The van der Waals surface area contributed by atoms with Crippen LogP contribution in [0.2, 0.25) is 0 Å². The second kappa shape index (κ2) is 4.22. The summed E-state index contributed by atoms with van der Waals surface area (Å²) in [4.78, 5) is 0. The predicted octanol–water partition coefficient (Wildman–Crippen LogP) is 5.17. The van der Waals surface area contributed by atoms with Crippen LogP contribution in [0.25, 0.3) is 5.57 Å². The molecule has 2 rings (SSSR count). The van der Waals surface area contributed by atoms with Crippen LogP contribution in [0.3, 0.4) is 0 Å². The Hall–Kier alpha value is -1.11. The van der Waals surface area contributed by atoms with E-state index >= 15 is 0 Å². The van der Waals surface area contributed by atoms with Gasteiger partial charge in [0.25, 0.3) is 0 Å². The van der Waals surface area contributed by atoms with Gasteiger partial charge in [-0.05, 0) is 65.5 Å². The van der Waals surface area contributed by atoms with Gasteiger partial charge >= 0.3 is 0 Å². The molecule has 1 aliphatic carbocycles. The summed E-state index contributed by atoms with van der Waals surface area (Å²) in [7, 11) is 0. The molecule has 1 aliphatic rings. The average Bonchev–Trinajstić information content (AvgIpc) is 2.17. The van der Waals surface area contributed by atoms with E-state index in [-0.39, 0.29) is 16.6 Å². The summed E-state index contributed by atoms with van der Waals surface area (Å²) in [5.74, 6) is -0.131. The molecule has 18 heavy (non-hydrogen) atoms. The molecule has 0 nitrogen and oxygen atoms in total. The molecule has 0 aromatic heterocycles. The highest BCUT2D eigenvalue weighted by Gasteiger charge is 2.33. The predicted molar refractivity (Wildman–Crippen MR) is 74.6 cm³/mol. The number of aryl methyl sites for hydroxylation is 1. The summed E-state index contributed by atoms with van der Waals surface area (Å²) in [6, 6.07) is 5.38. The smallest absolute Gasteiger partial charge is 0.126 e. The van der Waals surface area contributed by atoms with Crippen LogP contribution in [0.1, 0.15) is 51.7 Å². The third-order valence-corrected chi connectivity index (χ3v) is 3.57. The lowest BCUT2D eigenvalue weighted by molar-refractivity contribution is 0.221. The highest BCUT2D eigenvalue weighted by atomic mass is 19.1. The summed E-state index contributed by atoms with van der Waals surface area (Å²) >= 11 is 0. The van der Waals surface area contributed by atoms with Crippen LogP contribution in [0, 0.1) is 29.6 Å². The van der Waals surface area contributed by atoms with Gasteiger partial charge in [-0.15, -0.1) is 0 Å². The molecule has 0 heterocycles. The van der Waals surface area contributed by atoms with Gasteiger partial charge < -0.3 is 0 Å². The van der Waals surface area contributed by atoms with Crippen molar-refractivity contribution in [1.29, 1.82) is 0 Å². The minimum Gasteiger partial charge on any atom is -0.207 e. The average molecular weight is 245 g/mol. The Balaban J connectivity index is 2.43. The number of allylic oxidation sites excluding steroid dienone is 2. The number of halogens is 1. The van der Waals surface area contributed by atoms with Crippen molar-refractivity contribution in [3.8, 4) is 0 Å². The number of rotatable bonds is 1. The minimum atomic E-state index is -0.131. The van der Waals surface area contributed by atoms with Crippen molar-refractivity contribution >= 4 is 5.57 Å². The Labute approximate surface area is 110 Å². The molecule has 1 heteroatoms. The zero-order valence-electron chi connectivity index (χ0n) is 12.0. The van der Waals surface area contributed by atoms with E-state index in [9.17, 15) is 4.39 Å². The monoisotopic (exact) mass is 245 g/mol. The van der Waals surface area contributed by atoms with Crippen LogP contribution in [0.4, 0.5) is 4.39 Å². The molecule has 0 bridgehead atoms. The molecule has 1 aromatic rings. The lowest BCUT2D eigenvalue weighted by atomic mass is 9.66. The second-order valence-corrected chi connectivity index (χ2v) is 6.97. The maximum Gasteiger partial charge on any atom is 0.126 e. The first-order valence-corrected chi connectivity index (χ1v) is 6.59. The fourth-order valence-electron chi connectivity index (χ4n) is 3.24. The van der Waals surface area contributed by atoms with E-state index < -0.39 is 0 Å². The SMILES string of the molecule is Cc1cc(C2=[C]C(C)(C)CC(C)(C)C2)ccc1F. The third-order valence-electron chi connectivity index (χ3n) is 3.57. The highest BCUT2D eigenvalue weighted by molar-refractivity contribution is 5.66. The molecule has 0 saturated carbocycles. The van der Waals surface area contributed by atoms with Crippen molar-refractivity contribution in [1.82, 2.24) is 0 Å². The molecule has 0 fully saturated rings. The van der Waals surface area contributed by atoms with Gasteiger partial charge in [-0.2, -0.15) is 0 Å². The fourth-order valence-corrected chi connectivity index (χ4v) is 3.24. The minimum absolute atomic E-state index is 0.0966. The first-order valence-electron chi connectivity index (χ1n) is 6.59. The van der Waals surface area contributed by atoms with Gasteiger partial charge in [0.05, 0.1) is 0 Å². The normalized spacial score (nSPS) is 21.6. The second-order valence-electron chi connectivity index (χ2n) is 6.97. The van der Waals surface area contributed by atoms with Gasteiger partial charge in [0.2, 0.25) is 0 Å². The summed E-state index contributed by atoms with van der Waals surface area (Å²) in [6.45, 7) is 10.9. The zero-order chi connectivity index (χ0) is 13.6. The summed E-state index contributed by atoms with van der Waals surface area (Å²) in [5, 5.41) is 0. The van der Waals surface area contributed by atoms with E-state index in [0.29, 0.717) is 5.56 Å². The largest absolute Gasteiger partial charge is 0.207 e. The molecular formula is C17H22F. The molecule has 0 unspecified atom stereocenters. The molecule has 0 spiro atoms. The van der Waals surface area contributed by atoms with E-state index in [2.05, 4.69) is 33.8 Å². The Morgan fingerprint density at radius 2 is 1.83 bits per heavy atom. The first kappa shape index (κ1) is 13.3. The Morgan fingerprint density at radius 3 is 2.39 bits per heavy atom. The summed E-state index contributed by atoms with van der Waals surface area (Å²) in [6.07, 6.45) is 5.76. The molecule has 1 aromatic carbocycles. The summed E-state index contributed by atoms with van der Waals surface area (Å²) in [5.41, 5.74) is 3.45. The van der Waals surface area contributed by atoms with Crippen LogP contribution < -0.4 is 0 Å². The lowest BCUT2D eigenvalue weighted by Crippen LogP contribution is -2.27. The number of hydrogen-bond donors (Lipinski definition) is 0. The topological polar surface area (TPSA) is 0 Å². The lowest BCUT2D eigenvalue weighted by Gasteiger charge is -2.39. The van der Waals surface area contributed by atoms with Crippen LogP contribution in [-0.2, 0) is 0 Å². The van der Waals surface area contributed by atoms with Gasteiger partial charge in [0.1, 0.15) is 5.82 Å². The molecule has 0 saturated heterocycles. The van der Waals surface area contributed by atoms with E-state index in [1.54, 1.807) is 6.07 Å².